The first kappa shape index (κ1) is 14.6. The smallest absolute Gasteiger partial charge is 0.208 e. The van der Waals surface area contributed by atoms with Gasteiger partial charge < -0.3 is 30.8 Å². The average molecular weight is 267 g/mol. The first-order chi connectivity index (χ1) is 8.93. The maximum Gasteiger partial charge on any atom is 0.208 e. The number of hydrogen-bond donors (Lipinski definition) is 6. The Morgan fingerprint density at radius 1 is 0.947 bits per heavy atom. The van der Waals surface area contributed by atoms with Gasteiger partial charge in [0.2, 0.25) is 17.2 Å². The van der Waals surface area contributed by atoms with E-state index in [1.807, 2.05) is 6.92 Å². The number of allylic oxidation sites excluding steroid dienone is 3. The van der Waals surface area contributed by atoms with Crippen LogP contribution < -0.4 is 5.32 Å². The van der Waals surface area contributed by atoms with E-state index < -0.39 is 28.7 Å². The highest BCUT2D eigenvalue weighted by Crippen LogP contribution is 2.54. The third-order valence-electron chi connectivity index (χ3n) is 2.41. The molecule has 6 N–H and O–H groups in total. The van der Waals surface area contributed by atoms with Crippen molar-refractivity contribution in [2.75, 3.05) is 5.32 Å². The van der Waals surface area contributed by atoms with Crippen LogP contribution in [0.3, 0.4) is 0 Å². The summed E-state index contributed by atoms with van der Waals surface area (Å²) in [6, 6.07) is 0. The summed E-state index contributed by atoms with van der Waals surface area (Å²) in [5.74, 6) is -4.30. The quantitative estimate of drug-likeness (QED) is 0.284. The molecule has 0 aliphatic rings. The monoisotopic (exact) mass is 267 g/mol. The van der Waals surface area contributed by atoms with E-state index in [2.05, 4.69) is 5.32 Å². The van der Waals surface area contributed by atoms with Crippen molar-refractivity contribution in [2.24, 2.45) is 0 Å². The molecule has 1 rings (SSSR count). The van der Waals surface area contributed by atoms with E-state index >= 15 is 0 Å². The summed E-state index contributed by atoms with van der Waals surface area (Å²) in [5, 5.41) is 50.1. The van der Waals surface area contributed by atoms with Crippen LogP contribution >= 0.6 is 0 Å². The zero-order chi connectivity index (χ0) is 14.6. The molecule has 0 atom stereocenters. The summed E-state index contributed by atoms with van der Waals surface area (Å²) in [7, 11) is 0. The molecule has 0 aliphatic heterocycles. The van der Waals surface area contributed by atoms with Crippen LogP contribution in [0.4, 0.5) is 5.69 Å². The van der Waals surface area contributed by atoms with E-state index in [4.69, 9.17) is 0 Å². The highest BCUT2D eigenvalue weighted by atomic mass is 16.4. The minimum absolute atomic E-state index is 0.286. The highest BCUT2D eigenvalue weighted by molar-refractivity contribution is 5.80. The molecule has 0 aromatic heterocycles. The molecular formula is C13H17NO5. The molecule has 6 nitrogen and oxygen atoms in total. The van der Waals surface area contributed by atoms with Gasteiger partial charge in [0.1, 0.15) is 5.69 Å². The van der Waals surface area contributed by atoms with Gasteiger partial charge in [-0.05, 0) is 19.4 Å². The molecule has 0 fully saturated rings. The van der Waals surface area contributed by atoms with E-state index in [0.717, 1.165) is 0 Å². The van der Waals surface area contributed by atoms with Crippen LogP contribution in [0.25, 0.3) is 0 Å². The molecule has 1 aromatic rings. The lowest BCUT2D eigenvalue weighted by Gasteiger charge is -2.14. The minimum atomic E-state index is -0.979. The van der Waals surface area contributed by atoms with Crippen molar-refractivity contribution in [2.45, 2.75) is 20.3 Å². The molecule has 0 saturated carbocycles. The van der Waals surface area contributed by atoms with Gasteiger partial charge in [0.25, 0.3) is 0 Å². The fourth-order valence-electron chi connectivity index (χ4n) is 1.51. The Morgan fingerprint density at radius 2 is 1.42 bits per heavy atom. The largest absolute Gasteiger partial charge is 0.503 e. The van der Waals surface area contributed by atoms with E-state index in [1.54, 1.807) is 25.2 Å². The molecule has 0 spiro atoms. The summed E-state index contributed by atoms with van der Waals surface area (Å²) >= 11 is 0. The van der Waals surface area contributed by atoms with Crippen molar-refractivity contribution in [3.63, 3.8) is 0 Å². The maximum atomic E-state index is 9.67. The van der Waals surface area contributed by atoms with Crippen molar-refractivity contribution >= 4 is 5.69 Å². The minimum Gasteiger partial charge on any atom is -0.503 e. The van der Waals surface area contributed by atoms with Gasteiger partial charge in [0.15, 0.2) is 11.5 Å². The predicted octanol–water partition coefficient (Wildman–Crippen LogP) is 2.50. The van der Waals surface area contributed by atoms with Gasteiger partial charge >= 0.3 is 0 Å². The van der Waals surface area contributed by atoms with Crippen LogP contribution in [0.15, 0.2) is 23.9 Å². The lowest BCUT2D eigenvalue weighted by molar-refractivity contribution is 0.330. The van der Waals surface area contributed by atoms with Crippen molar-refractivity contribution in [1.82, 2.24) is 0 Å². The van der Waals surface area contributed by atoms with Gasteiger partial charge in [-0.2, -0.15) is 0 Å². The molecule has 1 aromatic carbocycles. The predicted molar refractivity (Wildman–Crippen MR) is 71.6 cm³/mol. The molecule has 0 radical (unpaired) electrons. The normalized spacial score (nSPS) is 12.0. The Bertz CT molecular complexity index is 505. The number of anilines is 1. The number of rotatable bonds is 4. The van der Waals surface area contributed by atoms with Crippen LogP contribution in [-0.2, 0) is 0 Å². The molecule has 104 valence electrons. The first-order valence-electron chi connectivity index (χ1n) is 5.72. The van der Waals surface area contributed by atoms with Crippen LogP contribution in [-0.4, -0.2) is 25.5 Å². The Balaban J connectivity index is 3.32. The Kier molecular flexibility index (Phi) is 4.52. The molecule has 0 saturated heterocycles. The van der Waals surface area contributed by atoms with Gasteiger partial charge in [0, 0.05) is 5.70 Å². The topological polar surface area (TPSA) is 113 Å². The van der Waals surface area contributed by atoms with Crippen LogP contribution in [0.1, 0.15) is 20.3 Å². The standard InChI is InChI=1S/C13H17NO5/c1-3-5-7(6-4-2)14-8-9(15)11(17)13(19)12(18)10(8)16/h3,5-6,14-19H,4H2,1-2H3/b5-3-,7-6+. The fraction of sp³-hybridized carbons (Fsp3) is 0.231. The Hall–Kier alpha value is -2.50. The highest BCUT2D eigenvalue weighted by Gasteiger charge is 2.23. The average Bonchev–Trinajstić information content (AvgIpc) is 2.39. The fourth-order valence-corrected chi connectivity index (χ4v) is 1.51. The molecular weight excluding hydrogens is 250 g/mol. The summed E-state index contributed by atoms with van der Waals surface area (Å²) in [4.78, 5) is 0. The zero-order valence-corrected chi connectivity index (χ0v) is 10.7. The molecule has 19 heavy (non-hydrogen) atoms. The number of aromatic hydroxyl groups is 5. The van der Waals surface area contributed by atoms with Crippen molar-refractivity contribution in [1.29, 1.82) is 0 Å². The second-order valence-corrected chi connectivity index (χ2v) is 3.81. The maximum absolute atomic E-state index is 9.67. The molecule has 0 unspecified atom stereocenters. The van der Waals surface area contributed by atoms with Crippen LogP contribution in [0, 0.1) is 0 Å². The van der Waals surface area contributed by atoms with E-state index in [9.17, 15) is 25.5 Å². The van der Waals surface area contributed by atoms with Gasteiger partial charge in [-0.3, -0.25) is 0 Å². The summed E-state index contributed by atoms with van der Waals surface area (Å²) < 4.78 is 0. The van der Waals surface area contributed by atoms with Crippen LogP contribution in [0.5, 0.6) is 28.7 Å². The number of phenolic OH excluding ortho intramolecular Hbond substituents is 5. The van der Waals surface area contributed by atoms with E-state index in [0.29, 0.717) is 12.1 Å². The van der Waals surface area contributed by atoms with Crippen molar-refractivity contribution < 1.29 is 25.5 Å². The first-order valence-corrected chi connectivity index (χ1v) is 5.72. The summed E-state index contributed by atoms with van der Waals surface area (Å²) in [5.41, 5.74) is 0.269. The van der Waals surface area contributed by atoms with Crippen molar-refractivity contribution in [3.8, 4) is 28.7 Å². The van der Waals surface area contributed by atoms with Gasteiger partial charge in [0.05, 0.1) is 0 Å². The van der Waals surface area contributed by atoms with Crippen LogP contribution in [0.2, 0.25) is 0 Å². The second kappa shape index (κ2) is 5.90. The number of nitrogens with one attached hydrogen (secondary N) is 1. The Labute approximate surface area is 110 Å². The Morgan fingerprint density at radius 3 is 1.84 bits per heavy atom. The summed E-state index contributed by atoms with van der Waals surface area (Å²) in [6.07, 6.45) is 5.90. The molecule has 0 heterocycles. The van der Waals surface area contributed by atoms with Gasteiger partial charge in [-0.15, -0.1) is 0 Å². The summed E-state index contributed by atoms with van der Waals surface area (Å²) in [6.45, 7) is 3.69. The molecule has 0 aliphatic carbocycles. The lowest BCUT2D eigenvalue weighted by atomic mass is 10.2. The molecule has 0 amide bonds. The van der Waals surface area contributed by atoms with Gasteiger partial charge in [-0.25, -0.2) is 0 Å². The third-order valence-corrected chi connectivity index (χ3v) is 2.41. The molecule has 6 heteroatoms. The zero-order valence-electron chi connectivity index (χ0n) is 10.7. The number of hydrogen-bond acceptors (Lipinski definition) is 6. The van der Waals surface area contributed by atoms with E-state index in [1.165, 1.54) is 0 Å². The number of phenols is 5. The van der Waals surface area contributed by atoms with Gasteiger partial charge in [-0.1, -0.05) is 19.1 Å². The number of benzene rings is 1. The third kappa shape index (κ3) is 2.85. The SMILES string of the molecule is C/C=C\C(=C/CC)Nc1c(O)c(O)c(O)c(O)c1O. The lowest BCUT2D eigenvalue weighted by Crippen LogP contribution is -1.98. The van der Waals surface area contributed by atoms with Crippen molar-refractivity contribution in [3.05, 3.63) is 23.9 Å². The van der Waals surface area contributed by atoms with E-state index in [-0.39, 0.29) is 5.69 Å². The second-order valence-electron chi connectivity index (χ2n) is 3.81. The molecule has 0 bridgehead atoms.